The first kappa shape index (κ1) is 10.8. The smallest absolute Gasteiger partial charge is 0.0361 e. The van der Waals surface area contributed by atoms with Gasteiger partial charge < -0.3 is 0 Å². The Morgan fingerprint density at radius 1 is 1.36 bits per heavy atom. The summed E-state index contributed by atoms with van der Waals surface area (Å²) in [5.41, 5.74) is 2.52. The van der Waals surface area contributed by atoms with Gasteiger partial charge in [-0.2, -0.15) is 0 Å². The van der Waals surface area contributed by atoms with Crippen molar-refractivity contribution in [2.45, 2.75) is 13.5 Å². The number of nitrogens with one attached hydrogen (secondary N) is 1. The van der Waals surface area contributed by atoms with Crippen molar-refractivity contribution in [1.82, 2.24) is 4.84 Å². The van der Waals surface area contributed by atoms with E-state index in [0.717, 1.165) is 6.54 Å². The zero-order chi connectivity index (χ0) is 7.40. The summed E-state index contributed by atoms with van der Waals surface area (Å²) in [4.78, 5) is 2.60. The third-order valence-electron chi connectivity index (χ3n) is 1.52. The average Bonchev–Trinajstić information content (AvgIpc) is 1.94. The quantitative estimate of drug-likeness (QED) is 0.710. The molecule has 0 bridgehead atoms. The van der Waals surface area contributed by atoms with Gasteiger partial charge in [0.15, 0.2) is 0 Å². The van der Waals surface area contributed by atoms with Crippen molar-refractivity contribution in [2.24, 2.45) is 0 Å². The van der Waals surface area contributed by atoms with Gasteiger partial charge in [-0.15, -0.1) is 12.4 Å². The molecule has 0 unspecified atom stereocenters. The van der Waals surface area contributed by atoms with Gasteiger partial charge in [0.1, 0.15) is 0 Å². The maximum Gasteiger partial charge on any atom is 0.0361 e. The summed E-state index contributed by atoms with van der Waals surface area (Å²) in [6.07, 6.45) is 0. The molecule has 0 aliphatic rings. The van der Waals surface area contributed by atoms with Crippen LogP contribution in [0, 0.1) is 6.92 Å². The van der Waals surface area contributed by atoms with E-state index in [2.05, 4.69) is 23.9 Å². The lowest BCUT2D eigenvalue weighted by Crippen LogP contribution is -1.99. The van der Waals surface area contributed by atoms with Gasteiger partial charge in [0.2, 0.25) is 0 Å². The van der Waals surface area contributed by atoms with Crippen molar-refractivity contribution in [1.29, 1.82) is 0 Å². The van der Waals surface area contributed by atoms with Crippen molar-refractivity contribution in [3.8, 4) is 0 Å². The molecular formula is C8H11Cl2N. The van der Waals surface area contributed by atoms with Gasteiger partial charge in [-0.25, -0.2) is 4.84 Å². The number of hydrogen-bond donors (Lipinski definition) is 1. The van der Waals surface area contributed by atoms with Crippen LogP contribution in [0.4, 0.5) is 0 Å². The standard InChI is InChI=1S/C8H10ClN.ClH/c1-7-4-2-3-5-8(7)6-10-9;/h2-5,10H,6H2,1H3;1H. The van der Waals surface area contributed by atoms with Crippen LogP contribution in [0.3, 0.4) is 0 Å². The zero-order valence-corrected chi connectivity index (χ0v) is 7.88. The number of aryl methyl sites for hydroxylation is 1. The molecule has 62 valence electrons. The number of hydrogen-bond acceptors (Lipinski definition) is 1. The average molecular weight is 192 g/mol. The summed E-state index contributed by atoms with van der Waals surface area (Å²) in [7, 11) is 0. The molecule has 0 radical (unpaired) electrons. The molecule has 1 rings (SSSR count). The summed E-state index contributed by atoms with van der Waals surface area (Å²) in [6, 6.07) is 8.16. The van der Waals surface area contributed by atoms with E-state index >= 15 is 0 Å². The lowest BCUT2D eigenvalue weighted by Gasteiger charge is -2.01. The summed E-state index contributed by atoms with van der Waals surface area (Å²) in [6.45, 7) is 2.80. The second kappa shape index (κ2) is 5.42. The van der Waals surface area contributed by atoms with Gasteiger partial charge in [-0.05, 0) is 29.8 Å². The lowest BCUT2D eigenvalue weighted by atomic mass is 10.1. The van der Waals surface area contributed by atoms with Crippen molar-refractivity contribution in [2.75, 3.05) is 0 Å². The third kappa shape index (κ3) is 3.10. The first-order valence-electron chi connectivity index (χ1n) is 3.22. The highest BCUT2D eigenvalue weighted by atomic mass is 35.5. The molecule has 0 fully saturated rings. The largest absolute Gasteiger partial charge is 0.229 e. The normalized spacial score (nSPS) is 8.91. The van der Waals surface area contributed by atoms with E-state index in [4.69, 9.17) is 11.8 Å². The van der Waals surface area contributed by atoms with E-state index in [9.17, 15) is 0 Å². The molecule has 1 aromatic rings. The number of halogens is 2. The third-order valence-corrected chi connectivity index (χ3v) is 1.65. The summed E-state index contributed by atoms with van der Waals surface area (Å²) in [5, 5.41) is 0. The van der Waals surface area contributed by atoms with Crippen LogP contribution in [0.15, 0.2) is 24.3 Å². The summed E-state index contributed by atoms with van der Waals surface area (Å²) in [5.74, 6) is 0. The molecule has 0 spiro atoms. The molecular weight excluding hydrogens is 181 g/mol. The molecule has 0 saturated heterocycles. The Bertz CT molecular complexity index is 213. The first-order chi connectivity index (χ1) is 4.84. The van der Waals surface area contributed by atoms with E-state index in [-0.39, 0.29) is 12.4 Å². The molecule has 0 atom stereocenters. The van der Waals surface area contributed by atoms with Crippen LogP contribution in [-0.4, -0.2) is 0 Å². The molecule has 0 aromatic heterocycles. The van der Waals surface area contributed by atoms with E-state index < -0.39 is 0 Å². The molecule has 0 aliphatic carbocycles. The molecule has 0 heterocycles. The highest BCUT2D eigenvalue weighted by Gasteiger charge is 1.92. The predicted octanol–water partition coefficient (Wildman–Crippen LogP) is 2.66. The maximum absolute atomic E-state index is 5.36. The maximum atomic E-state index is 5.36. The fraction of sp³-hybridized carbons (Fsp3) is 0.250. The Morgan fingerprint density at radius 2 is 2.00 bits per heavy atom. The van der Waals surface area contributed by atoms with Crippen molar-refractivity contribution in [3.63, 3.8) is 0 Å². The van der Waals surface area contributed by atoms with Gasteiger partial charge in [0, 0.05) is 6.54 Å². The van der Waals surface area contributed by atoms with Crippen LogP contribution in [0.1, 0.15) is 11.1 Å². The molecule has 0 saturated carbocycles. The van der Waals surface area contributed by atoms with E-state index in [1.165, 1.54) is 11.1 Å². The van der Waals surface area contributed by atoms with Gasteiger partial charge in [0.25, 0.3) is 0 Å². The minimum absolute atomic E-state index is 0. The van der Waals surface area contributed by atoms with E-state index in [1.807, 2.05) is 12.1 Å². The molecule has 0 aliphatic heterocycles. The minimum Gasteiger partial charge on any atom is -0.229 e. The molecule has 1 aromatic carbocycles. The fourth-order valence-electron chi connectivity index (χ4n) is 0.880. The van der Waals surface area contributed by atoms with Crippen LogP contribution in [0.2, 0.25) is 0 Å². The van der Waals surface area contributed by atoms with Crippen molar-refractivity contribution in [3.05, 3.63) is 35.4 Å². The van der Waals surface area contributed by atoms with Gasteiger partial charge in [-0.3, -0.25) is 0 Å². The lowest BCUT2D eigenvalue weighted by molar-refractivity contribution is 0.951. The predicted molar refractivity (Wildman–Crippen MR) is 51.1 cm³/mol. The topological polar surface area (TPSA) is 12.0 Å². The van der Waals surface area contributed by atoms with Crippen molar-refractivity contribution < 1.29 is 0 Å². The molecule has 3 heteroatoms. The Labute approximate surface area is 78.3 Å². The Morgan fingerprint density at radius 3 is 2.55 bits per heavy atom. The molecule has 1 N–H and O–H groups in total. The monoisotopic (exact) mass is 191 g/mol. The van der Waals surface area contributed by atoms with Gasteiger partial charge in [-0.1, -0.05) is 24.3 Å². The van der Waals surface area contributed by atoms with Crippen LogP contribution >= 0.6 is 24.2 Å². The molecule has 0 amide bonds. The molecule has 11 heavy (non-hydrogen) atoms. The SMILES string of the molecule is Cc1ccccc1CNCl.Cl. The highest BCUT2D eigenvalue weighted by molar-refractivity contribution is 6.13. The first-order valence-corrected chi connectivity index (χ1v) is 3.60. The minimum atomic E-state index is 0. The fourth-order valence-corrected chi connectivity index (χ4v) is 1.02. The summed E-state index contributed by atoms with van der Waals surface area (Å²) < 4.78 is 0. The molecule has 1 nitrogen and oxygen atoms in total. The van der Waals surface area contributed by atoms with E-state index in [0.29, 0.717) is 0 Å². The van der Waals surface area contributed by atoms with Crippen LogP contribution < -0.4 is 4.84 Å². The van der Waals surface area contributed by atoms with Crippen LogP contribution in [0.25, 0.3) is 0 Å². The Kier molecular flexibility index (Phi) is 5.30. The number of benzene rings is 1. The van der Waals surface area contributed by atoms with Gasteiger partial charge in [0.05, 0.1) is 0 Å². The van der Waals surface area contributed by atoms with Gasteiger partial charge >= 0.3 is 0 Å². The number of rotatable bonds is 2. The van der Waals surface area contributed by atoms with Crippen LogP contribution in [0.5, 0.6) is 0 Å². The summed E-state index contributed by atoms with van der Waals surface area (Å²) >= 11 is 5.36. The second-order valence-electron chi connectivity index (χ2n) is 2.24. The Hall–Kier alpha value is -0.240. The zero-order valence-electron chi connectivity index (χ0n) is 6.30. The van der Waals surface area contributed by atoms with Crippen LogP contribution in [-0.2, 0) is 6.54 Å². The highest BCUT2D eigenvalue weighted by Crippen LogP contribution is 2.05. The Balaban J connectivity index is 0.000001000. The second-order valence-corrected chi connectivity index (χ2v) is 2.50. The van der Waals surface area contributed by atoms with Crippen molar-refractivity contribution >= 4 is 24.2 Å². The van der Waals surface area contributed by atoms with E-state index in [1.54, 1.807) is 0 Å².